The van der Waals surface area contributed by atoms with Gasteiger partial charge in [-0.3, -0.25) is 9.59 Å². The highest BCUT2D eigenvalue weighted by Gasteiger charge is 2.12. The molecule has 0 spiro atoms. The molecule has 2 N–H and O–H groups in total. The quantitative estimate of drug-likeness (QED) is 0.813. The number of nitrogen functional groups attached to an aromatic ring is 1. The van der Waals surface area contributed by atoms with Crippen molar-refractivity contribution in [1.82, 2.24) is 4.90 Å². The molecule has 1 rings (SSSR count). The molecule has 0 aromatic heterocycles. The van der Waals surface area contributed by atoms with E-state index in [1.165, 1.54) is 13.8 Å². The molecule has 0 saturated heterocycles. The summed E-state index contributed by atoms with van der Waals surface area (Å²) in [5, 5.41) is 0. The van der Waals surface area contributed by atoms with Crippen LogP contribution >= 0.6 is 0 Å². The van der Waals surface area contributed by atoms with E-state index in [-0.39, 0.29) is 11.8 Å². The van der Waals surface area contributed by atoms with Gasteiger partial charge in [0.05, 0.1) is 0 Å². The summed E-state index contributed by atoms with van der Waals surface area (Å²) in [6, 6.07) is 7.09. The Kier molecular flexibility index (Phi) is 4.71. The number of benzene rings is 1. The minimum absolute atomic E-state index is 0.0178. The van der Waals surface area contributed by atoms with Gasteiger partial charge in [0.1, 0.15) is 0 Å². The van der Waals surface area contributed by atoms with Gasteiger partial charge in [0.25, 0.3) is 0 Å². The molecule has 0 radical (unpaired) electrons. The number of nitrogens with two attached hydrogens (primary N) is 1. The van der Waals surface area contributed by atoms with Crippen molar-refractivity contribution in [1.29, 1.82) is 0 Å². The number of anilines is 2. The van der Waals surface area contributed by atoms with Crippen LogP contribution in [0, 0.1) is 0 Å². The van der Waals surface area contributed by atoms with Gasteiger partial charge in [-0.2, -0.15) is 0 Å². The first-order valence-electron chi connectivity index (χ1n) is 5.77. The summed E-state index contributed by atoms with van der Waals surface area (Å²) >= 11 is 0. The second kappa shape index (κ2) is 6.05. The fourth-order valence-corrected chi connectivity index (χ4v) is 1.53. The minimum atomic E-state index is -0.0586. The first-order valence-corrected chi connectivity index (χ1v) is 5.77. The highest BCUT2D eigenvalue weighted by Crippen LogP contribution is 2.16. The van der Waals surface area contributed by atoms with Crippen molar-refractivity contribution >= 4 is 23.2 Å². The fraction of sp³-hybridized carbons (Fsp3) is 0.385. The molecule has 0 saturated carbocycles. The van der Waals surface area contributed by atoms with E-state index >= 15 is 0 Å². The Morgan fingerprint density at radius 1 is 1.06 bits per heavy atom. The number of nitrogens with zero attached hydrogens (tertiary/aromatic N) is 2. The summed E-state index contributed by atoms with van der Waals surface area (Å²) in [5.41, 5.74) is 7.05. The van der Waals surface area contributed by atoms with Crippen LogP contribution < -0.4 is 10.6 Å². The van der Waals surface area contributed by atoms with Crippen LogP contribution in [-0.4, -0.2) is 36.9 Å². The van der Waals surface area contributed by atoms with Crippen LogP contribution in [0.3, 0.4) is 0 Å². The Hall–Kier alpha value is -2.04. The van der Waals surface area contributed by atoms with Crippen LogP contribution in [0.4, 0.5) is 11.4 Å². The summed E-state index contributed by atoms with van der Waals surface area (Å²) in [4.78, 5) is 25.9. The van der Waals surface area contributed by atoms with Gasteiger partial charge >= 0.3 is 0 Å². The third-order valence-corrected chi connectivity index (χ3v) is 2.78. The van der Waals surface area contributed by atoms with Gasteiger partial charge in [-0.05, 0) is 24.3 Å². The van der Waals surface area contributed by atoms with Gasteiger partial charge < -0.3 is 15.5 Å². The third kappa shape index (κ3) is 3.76. The molecule has 0 aliphatic rings. The zero-order valence-corrected chi connectivity index (χ0v) is 11.0. The normalized spacial score (nSPS) is 9.94. The molecule has 5 nitrogen and oxygen atoms in total. The number of likely N-dealkylation sites (N-methyl/N-ethyl adjacent to an activating group) is 1. The van der Waals surface area contributed by atoms with Crippen molar-refractivity contribution in [3.05, 3.63) is 24.3 Å². The van der Waals surface area contributed by atoms with E-state index in [1.54, 1.807) is 41.1 Å². The molecule has 0 bridgehead atoms. The Morgan fingerprint density at radius 3 is 2.06 bits per heavy atom. The van der Waals surface area contributed by atoms with E-state index in [9.17, 15) is 9.59 Å². The van der Waals surface area contributed by atoms with E-state index in [0.717, 1.165) is 5.69 Å². The second-order valence-electron chi connectivity index (χ2n) is 4.20. The molecule has 1 aromatic rings. The largest absolute Gasteiger partial charge is 0.399 e. The maximum Gasteiger partial charge on any atom is 0.223 e. The lowest BCUT2D eigenvalue weighted by Gasteiger charge is -2.24. The molecule has 0 aliphatic heterocycles. The first kappa shape index (κ1) is 14.0. The van der Waals surface area contributed by atoms with Crippen LogP contribution in [-0.2, 0) is 9.59 Å². The molecule has 2 amide bonds. The van der Waals surface area contributed by atoms with Gasteiger partial charge in [-0.1, -0.05) is 0 Å². The number of rotatable bonds is 4. The number of amides is 2. The van der Waals surface area contributed by atoms with Gasteiger partial charge in [-0.15, -0.1) is 0 Å². The second-order valence-corrected chi connectivity index (χ2v) is 4.20. The molecule has 0 aliphatic carbocycles. The highest BCUT2D eigenvalue weighted by molar-refractivity contribution is 5.91. The maximum absolute atomic E-state index is 11.6. The Labute approximate surface area is 107 Å². The SMILES string of the molecule is CC(=O)N(C)CCN(C(C)=O)c1ccc(N)cc1. The number of hydrogen-bond acceptors (Lipinski definition) is 3. The average molecular weight is 249 g/mol. The van der Waals surface area contributed by atoms with E-state index in [4.69, 9.17) is 5.73 Å². The average Bonchev–Trinajstić information content (AvgIpc) is 2.30. The van der Waals surface area contributed by atoms with Crippen LogP contribution in [0.15, 0.2) is 24.3 Å². The predicted octanol–water partition coefficient (Wildman–Crippen LogP) is 1.10. The molecular formula is C13H19N3O2. The zero-order valence-electron chi connectivity index (χ0n) is 11.0. The molecule has 5 heteroatoms. The lowest BCUT2D eigenvalue weighted by atomic mass is 10.2. The maximum atomic E-state index is 11.6. The molecular weight excluding hydrogens is 230 g/mol. The van der Waals surface area contributed by atoms with Gasteiger partial charge in [0.15, 0.2) is 0 Å². The van der Waals surface area contributed by atoms with Crippen molar-refractivity contribution in [3.8, 4) is 0 Å². The van der Waals surface area contributed by atoms with E-state index in [0.29, 0.717) is 18.8 Å². The van der Waals surface area contributed by atoms with Crippen LogP contribution in [0.5, 0.6) is 0 Å². The Bertz CT molecular complexity index is 428. The minimum Gasteiger partial charge on any atom is -0.399 e. The summed E-state index contributed by atoms with van der Waals surface area (Å²) in [6.45, 7) is 3.97. The predicted molar refractivity (Wildman–Crippen MR) is 72.2 cm³/mol. The zero-order chi connectivity index (χ0) is 13.7. The summed E-state index contributed by atoms with van der Waals surface area (Å²) < 4.78 is 0. The first-order chi connectivity index (χ1) is 8.41. The number of hydrogen-bond donors (Lipinski definition) is 1. The fourth-order valence-electron chi connectivity index (χ4n) is 1.53. The smallest absolute Gasteiger partial charge is 0.223 e. The van der Waals surface area contributed by atoms with E-state index in [1.807, 2.05) is 0 Å². The third-order valence-electron chi connectivity index (χ3n) is 2.78. The summed E-state index contributed by atoms with van der Waals surface area (Å²) in [5.74, 6) is -0.0764. The topological polar surface area (TPSA) is 66.6 Å². The van der Waals surface area contributed by atoms with Crippen molar-refractivity contribution in [3.63, 3.8) is 0 Å². The van der Waals surface area contributed by atoms with Crippen molar-refractivity contribution < 1.29 is 9.59 Å². The molecule has 0 atom stereocenters. The lowest BCUT2D eigenvalue weighted by molar-refractivity contribution is -0.127. The van der Waals surface area contributed by atoms with E-state index in [2.05, 4.69) is 0 Å². The number of carbonyl (C=O) groups excluding carboxylic acids is 2. The number of carbonyl (C=O) groups is 2. The molecule has 0 unspecified atom stereocenters. The van der Waals surface area contributed by atoms with Crippen LogP contribution in [0.25, 0.3) is 0 Å². The highest BCUT2D eigenvalue weighted by atomic mass is 16.2. The molecule has 1 aromatic carbocycles. The standard InChI is InChI=1S/C13H19N3O2/c1-10(17)15(3)8-9-16(11(2)18)13-6-4-12(14)5-7-13/h4-7H,8-9,14H2,1-3H3. The van der Waals surface area contributed by atoms with Crippen molar-refractivity contribution in [2.75, 3.05) is 30.8 Å². The molecule has 98 valence electrons. The van der Waals surface area contributed by atoms with Crippen molar-refractivity contribution in [2.24, 2.45) is 0 Å². The summed E-state index contributed by atoms with van der Waals surface area (Å²) in [7, 11) is 1.71. The van der Waals surface area contributed by atoms with Gasteiger partial charge in [-0.25, -0.2) is 0 Å². The molecule has 18 heavy (non-hydrogen) atoms. The Balaban J connectivity index is 2.75. The van der Waals surface area contributed by atoms with Gasteiger partial charge in [0, 0.05) is 45.4 Å². The Morgan fingerprint density at radius 2 is 1.61 bits per heavy atom. The van der Waals surface area contributed by atoms with Crippen LogP contribution in [0.1, 0.15) is 13.8 Å². The summed E-state index contributed by atoms with van der Waals surface area (Å²) in [6.07, 6.45) is 0. The molecule has 0 fully saturated rings. The van der Waals surface area contributed by atoms with Crippen molar-refractivity contribution in [2.45, 2.75) is 13.8 Å². The lowest BCUT2D eigenvalue weighted by Crippen LogP contribution is -2.37. The van der Waals surface area contributed by atoms with Gasteiger partial charge in [0.2, 0.25) is 11.8 Å². The van der Waals surface area contributed by atoms with E-state index < -0.39 is 0 Å². The monoisotopic (exact) mass is 249 g/mol. The molecule has 0 heterocycles. The van der Waals surface area contributed by atoms with Crippen LogP contribution in [0.2, 0.25) is 0 Å².